The summed E-state index contributed by atoms with van der Waals surface area (Å²) in [5.41, 5.74) is 0.570. The van der Waals surface area contributed by atoms with Crippen LogP contribution in [-0.4, -0.2) is 35.3 Å². The first-order valence-electron chi connectivity index (χ1n) is 6.53. The van der Waals surface area contributed by atoms with Crippen molar-refractivity contribution in [2.24, 2.45) is 5.84 Å². The van der Waals surface area contributed by atoms with E-state index in [1.807, 2.05) is 5.43 Å². The lowest BCUT2D eigenvalue weighted by molar-refractivity contribution is -0.137. The van der Waals surface area contributed by atoms with Crippen LogP contribution in [0.25, 0.3) is 17.6 Å². The van der Waals surface area contributed by atoms with Crippen molar-refractivity contribution in [2.75, 3.05) is 6.26 Å². The van der Waals surface area contributed by atoms with E-state index in [4.69, 9.17) is 5.84 Å². The van der Waals surface area contributed by atoms with Crippen LogP contribution in [0.4, 0.5) is 13.2 Å². The molecule has 2 aromatic rings. The number of sulfone groups is 1. The Bertz CT molecular complexity index is 935. The summed E-state index contributed by atoms with van der Waals surface area (Å²) in [6, 6.07) is 2.33. The molecule has 8 nitrogen and oxygen atoms in total. The maximum atomic E-state index is 13.0. The summed E-state index contributed by atoms with van der Waals surface area (Å²) in [5, 5.41) is 3.87. The lowest BCUT2D eigenvalue weighted by Crippen LogP contribution is -2.28. The average molecular weight is 375 g/mol. The topological polar surface area (TPSA) is 120 Å². The van der Waals surface area contributed by atoms with E-state index in [0.29, 0.717) is 6.07 Å². The Kier molecular flexibility index (Phi) is 4.94. The number of nitrogens with two attached hydrogens (primary N) is 1. The average Bonchev–Trinajstić information content (AvgIpc) is 2.99. The van der Waals surface area contributed by atoms with Gasteiger partial charge in [0.05, 0.1) is 10.5 Å². The van der Waals surface area contributed by atoms with E-state index < -0.39 is 32.4 Å². The van der Waals surface area contributed by atoms with Gasteiger partial charge in [-0.25, -0.2) is 23.9 Å². The molecule has 0 bridgehead atoms. The van der Waals surface area contributed by atoms with Gasteiger partial charge < -0.3 is 0 Å². The number of halogens is 3. The van der Waals surface area contributed by atoms with Gasteiger partial charge in [0.1, 0.15) is 6.33 Å². The van der Waals surface area contributed by atoms with Crippen molar-refractivity contribution in [1.82, 2.24) is 20.2 Å². The number of carbonyl (C=O) groups is 1. The number of amides is 1. The third-order valence-electron chi connectivity index (χ3n) is 2.95. The van der Waals surface area contributed by atoms with E-state index in [1.165, 1.54) is 6.20 Å². The van der Waals surface area contributed by atoms with Crippen LogP contribution >= 0.6 is 0 Å². The summed E-state index contributed by atoms with van der Waals surface area (Å²) < 4.78 is 63.3. The van der Waals surface area contributed by atoms with Gasteiger partial charge in [-0.3, -0.25) is 10.2 Å². The van der Waals surface area contributed by atoms with Crippen LogP contribution in [-0.2, 0) is 20.8 Å². The second-order valence-corrected chi connectivity index (χ2v) is 6.90. The van der Waals surface area contributed by atoms with Gasteiger partial charge in [-0.2, -0.15) is 13.2 Å². The quantitative estimate of drug-likeness (QED) is 0.353. The first-order chi connectivity index (χ1) is 11.5. The first-order valence-corrected chi connectivity index (χ1v) is 8.42. The molecular weight excluding hydrogens is 363 g/mol. The smallest absolute Gasteiger partial charge is 0.291 e. The van der Waals surface area contributed by atoms with Gasteiger partial charge in [0.2, 0.25) is 0 Å². The Balaban J connectivity index is 2.50. The zero-order chi connectivity index (χ0) is 18.8. The fraction of sp³-hybridized carbons (Fsp3) is 0.154. The Morgan fingerprint density at radius 1 is 1.32 bits per heavy atom. The van der Waals surface area contributed by atoms with Crippen LogP contribution in [0.15, 0.2) is 35.5 Å². The minimum atomic E-state index is -4.74. The minimum absolute atomic E-state index is 0.134. The third kappa shape index (κ3) is 4.64. The van der Waals surface area contributed by atoms with Gasteiger partial charge in [0.25, 0.3) is 5.91 Å². The molecule has 1 amide bonds. The zero-order valence-electron chi connectivity index (χ0n) is 12.6. The molecule has 0 spiro atoms. The Labute approximate surface area is 140 Å². The molecule has 25 heavy (non-hydrogen) atoms. The Morgan fingerprint density at radius 2 is 2.00 bits per heavy atom. The first kappa shape index (κ1) is 18.6. The molecule has 0 radical (unpaired) electrons. The number of rotatable bonds is 4. The SMILES string of the molecule is CS(=O)(=O)c1cc(-c2ncn(/C=C\C(=O)NN)n2)cc(C(F)(F)F)c1. The van der Waals surface area contributed by atoms with Crippen molar-refractivity contribution in [3.63, 3.8) is 0 Å². The summed E-state index contributed by atoms with van der Waals surface area (Å²) in [6.45, 7) is 0. The number of hydrogen-bond acceptors (Lipinski definition) is 6. The van der Waals surface area contributed by atoms with Crippen molar-refractivity contribution in [3.05, 3.63) is 36.2 Å². The van der Waals surface area contributed by atoms with Crippen LogP contribution in [0.1, 0.15) is 5.56 Å². The molecule has 0 saturated heterocycles. The summed E-state index contributed by atoms with van der Waals surface area (Å²) in [4.78, 5) is 14.3. The Morgan fingerprint density at radius 3 is 2.56 bits per heavy atom. The zero-order valence-corrected chi connectivity index (χ0v) is 13.5. The third-order valence-corrected chi connectivity index (χ3v) is 4.04. The second-order valence-electron chi connectivity index (χ2n) is 4.89. The number of carbonyl (C=O) groups excluding carboxylic acids is 1. The van der Waals surface area contributed by atoms with Gasteiger partial charge in [0.15, 0.2) is 15.7 Å². The molecule has 0 aliphatic rings. The molecule has 0 saturated carbocycles. The van der Waals surface area contributed by atoms with E-state index in [2.05, 4.69) is 10.1 Å². The number of nitrogens with zero attached hydrogens (tertiary/aromatic N) is 3. The highest BCUT2D eigenvalue weighted by Gasteiger charge is 2.32. The molecule has 0 unspecified atom stereocenters. The molecule has 0 fully saturated rings. The number of aromatic nitrogens is 3. The summed E-state index contributed by atoms with van der Waals surface area (Å²) in [7, 11) is -3.88. The summed E-state index contributed by atoms with van der Waals surface area (Å²) in [6.07, 6.45) is -0.615. The van der Waals surface area contributed by atoms with Crippen LogP contribution in [0.3, 0.4) is 0 Å². The number of alkyl halides is 3. The van der Waals surface area contributed by atoms with Crippen LogP contribution in [0, 0.1) is 0 Å². The molecule has 0 aliphatic carbocycles. The highest BCUT2D eigenvalue weighted by atomic mass is 32.2. The molecule has 0 atom stereocenters. The van der Waals surface area contributed by atoms with Crippen molar-refractivity contribution in [1.29, 1.82) is 0 Å². The molecule has 1 heterocycles. The molecule has 2 rings (SSSR count). The van der Waals surface area contributed by atoms with Crippen molar-refractivity contribution in [3.8, 4) is 11.4 Å². The predicted molar refractivity (Wildman–Crippen MR) is 81.2 cm³/mol. The second kappa shape index (κ2) is 6.64. The number of benzene rings is 1. The molecule has 1 aromatic carbocycles. The van der Waals surface area contributed by atoms with Crippen molar-refractivity contribution in [2.45, 2.75) is 11.1 Å². The van der Waals surface area contributed by atoms with Gasteiger partial charge in [-0.05, 0) is 18.2 Å². The number of nitrogens with one attached hydrogen (secondary N) is 1. The lowest BCUT2D eigenvalue weighted by Gasteiger charge is -2.10. The maximum absolute atomic E-state index is 13.0. The summed E-state index contributed by atoms with van der Waals surface area (Å²) in [5.74, 6) is 4.11. The van der Waals surface area contributed by atoms with Gasteiger partial charge in [0, 0.05) is 24.1 Å². The fourth-order valence-electron chi connectivity index (χ4n) is 1.78. The molecule has 134 valence electrons. The predicted octanol–water partition coefficient (Wildman–Crippen LogP) is 0.828. The maximum Gasteiger partial charge on any atom is 0.416 e. The molecule has 0 aliphatic heterocycles. The van der Waals surface area contributed by atoms with E-state index >= 15 is 0 Å². The fourth-order valence-corrected chi connectivity index (χ4v) is 2.46. The van der Waals surface area contributed by atoms with Crippen LogP contribution < -0.4 is 11.3 Å². The highest BCUT2D eigenvalue weighted by Crippen LogP contribution is 2.33. The molecular formula is C13H12F3N5O3S. The Hall–Kier alpha value is -2.73. The minimum Gasteiger partial charge on any atom is -0.291 e. The molecule has 12 heteroatoms. The van der Waals surface area contributed by atoms with E-state index in [0.717, 1.165) is 35.5 Å². The molecule has 1 aromatic heterocycles. The van der Waals surface area contributed by atoms with Crippen molar-refractivity contribution < 1.29 is 26.4 Å². The van der Waals surface area contributed by atoms with Crippen LogP contribution in [0.2, 0.25) is 0 Å². The van der Waals surface area contributed by atoms with Gasteiger partial charge in [-0.15, -0.1) is 5.10 Å². The van der Waals surface area contributed by atoms with E-state index in [-0.39, 0.29) is 11.4 Å². The monoisotopic (exact) mass is 375 g/mol. The normalized spacial score (nSPS) is 12.5. The van der Waals surface area contributed by atoms with E-state index in [1.54, 1.807) is 0 Å². The van der Waals surface area contributed by atoms with Crippen LogP contribution in [0.5, 0.6) is 0 Å². The number of hydrazine groups is 1. The number of hydrogen-bond donors (Lipinski definition) is 2. The molecule has 3 N–H and O–H groups in total. The van der Waals surface area contributed by atoms with E-state index in [9.17, 15) is 26.4 Å². The van der Waals surface area contributed by atoms with Crippen molar-refractivity contribution >= 4 is 21.9 Å². The van der Waals surface area contributed by atoms with Gasteiger partial charge >= 0.3 is 6.18 Å². The standard InChI is InChI=1S/C13H12F3N5O3S/c1-25(23,24)10-5-8(4-9(6-10)13(14,15)16)12-18-7-21(20-12)3-2-11(22)19-17/h2-7H,17H2,1H3,(H,19,22)/b3-2-. The largest absolute Gasteiger partial charge is 0.416 e. The van der Waals surface area contributed by atoms with Gasteiger partial charge in [-0.1, -0.05) is 0 Å². The highest BCUT2D eigenvalue weighted by molar-refractivity contribution is 7.90. The lowest BCUT2D eigenvalue weighted by atomic mass is 10.1. The summed E-state index contributed by atoms with van der Waals surface area (Å²) >= 11 is 0.